The number of halogens is 3. The zero-order valence-electron chi connectivity index (χ0n) is 21.4. The van der Waals surface area contributed by atoms with Gasteiger partial charge in [-0.05, 0) is 79.1 Å². The lowest BCUT2D eigenvalue weighted by atomic mass is 9.91. The second-order valence-corrected chi connectivity index (χ2v) is 9.97. The van der Waals surface area contributed by atoms with Crippen LogP contribution in [0.4, 0.5) is 13.2 Å². The van der Waals surface area contributed by atoms with Crippen molar-refractivity contribution in [3.05, 3.63) is 113 Å². The molecule has 0 spiro atoms. The van der Waals surface area contributed by atoms with Gasteiger partial charge >= 0.3 is 0 Å². The highest BCUT2D eigenvalue weighted by Gasteiger charge is 2.47. The van der Waals surface area contributed by atoms with Crippen LogP contribution >= 0.6 is 0 Å². The molecule has 3 aromatic heterocycles. The van der Waals surface area contributed by atoms with Gasteiger partial charge in [0.1, 0.15) is 22.8 Å². The molecule has 2 aromatic carbocycles. The first kappa shape index (κ1) is 25.5. The Kier molecular flexibility index (Phi) is 6.21. The number of fused-ring (bicyclic) bond motifs is 1. The summed E-state index contributed by atoms with van der Waals surface area (Å²) in [6.07, 6.45) is 4.93. The van der Waals surface area contributed by atoms with Crippen molar-refractivity contribution in [3.63, 3.8) is 0 Å². The van der Waals surface area contributed by atoms with Crippen molar-refractivity contribution in [1.82, 2.24) is 19.9 Å². The van der Waals surface area contributed by atoms with E-state index < -0.39 is 23.4 Å². The fourth-order valence-electron chi connectivity index (χ4n) is 5.14. The van der Waals surface area contributed by atoms with Gasteiger partial charge in [0, 0.05) is 53.7 Å². The molecule has 40 heavy (non-hydrogen) atoms. The van der Waals surface area contributed by atoms with E-state index in [1.54, 1.807) is 6.20 Å². The minimum absolute atomic E-state index is 0.00243. The van der Waals surface area contributed by atoms with Crippen LogP contribution in [0.25, 0.3) is 27.9 Å². The molecule has 0 unspecified atom stereocenters. The first-order valence-corrected chi connectivity index (χ1v) is 12.7. The fourth-order valence-corrected chi connectivity index (χ4v) is 5.14. The molecule has 1 N–H and O–H groups in total. The predicted molar refractivity (Wildman–Crippen MR) is 143 cm³/mol. The summed E-state index contributed by atoms with van der Waals surface area (Å²) in [4.78, 5) is 30.6. The number of ketones is 1. The lowest BCUT2D eigenvalue weighted by Crippen LogP contribution is -2.18. The van der Waals surface area contributed by atoms with E-state index >= 15 is 4.39 Å². The second kappa shape index (κ2) is 9.75. The molecule has 1 saturated carbocycles. The number of carbonyl (C=O) groups excluding carboxylic acids is 2. The van der Waals surface area contributed by atoms with Crippen LogP contribution in [0.2, 0.25) is 0 Å². The Balaban J connectivity index is 1.42. The van der Waals surface area contributed by atoms with Crippen molar-refractivity contribution in [2.24, 2.45) is 0 Å². The fraction of sp³-hybridized carbons (Fsp3) is 0.161. The number of aromatic nitrogens is 3. The van der Waals surface area contributed by atoms with Crippen LogP contribution in [0.5, 0.6) is 0 Å². The number of carbonyl (C=O) groups is 2. The molecule has 0 radical (unpaired) electrons. The molecule has 5 aromatic rings. The Bertz CT molecular complexity index is 1780. The lowest BCUT2D eigenvalue weighted by molar-refractivity contribution is 0.0958. The highest BCUT2D eigenvalue weighted by molar-refractivity contribution is 6.07. The molecule has 0 aliphatic heterocycles. The smallest absolute Gasteiger partial charge is 0.255 e. The Hall–Kier alpha value is -4.79. The summed E-state index contributed by atoms with van der Waals surface area (Å²) in [6, 6.07) is 16.1. The van der Waals surface area contributed by atoms with E-state index in [4.69, 9.17) is 0 Å². The molecule has 1 aliphatic rings. The third-order valence-electron chi connectivity index (χ3n) is 7.40. The van der Waals surface area contributed by atoms with Crippen LogP contribution in [0, 0.1) is 17.5 Å². The Morgan fingerprint density at radius 1 is 0.950 bits per heavy atom. The van der Waals surface area contributed by atoms with E-state index in [1.807, 2.05) is 18.2 Å². The number of Topliss-reactive ketones (excluding diaryl/α,β-unsaturated/α-hetero) is 1. The van der Waals surface area contributed by atoms with Gasteiger partial charge in [0.05, 0.1) is 5.56 Å². The maximum absolute atomic E-state index is 16.2. The largest absolute Gasteiger partial charge is 0.355 e. The number of rotatable bonds is 7. The zero-order chi connectivity index (χ0) is 28.0. The van der Waals surface area contributed by atoms with Crippen LogP contribution in [0.15, 0.2) is 79.1 Å². The molecule has 3 heterocycles. The second-order valence-electron chi connectivity index (χ2n) is 9.97. The van der Waals surface area contributed by atoms with Crippen molar-refractivity contribution < 1.29 is 22.8 Å². The van der Waals surface area contributed by atoms with Crippen molar-refractivity contribution in [2.45, 2.75) is 24.7 Å². The van der Waals surface area contributed by atoms with Gasteiger partial charge in [-0.2, -0.15) is 5.10 Å². The van der Waals surface area contributed by atoms with Crippen molar-refractivity contribution in [3.8, 4) is 22.4 Å². The molecule has 9 heteroatoms. The monoisotopic (exact) mass is 540 g/mol. The van der Waals surface area contributed by atoms with Gasteiger partial charge in [-0.25, -0.2) is 17.7 Å². The maximum Gasteiger partial charge on any atom is 0.255 e. The predicted octanol–water partition coefficient (Wildman–Crippen LogP) is 6.14. The number of hydrogen-bond donors (Lipinski definition) is 1. The number of nitrogens with one attached hydrogen (secondary N) is 1. The molecule has 6 nitrogen and oxygen atoms in total. The minimum atomic E-state index is -0.807. The SMILES string of the molecule is CNC(=O)c1c(-c2ccc(F)cc2)nn2ccc(-c3cc(F)cc(C(=O)CC4(c5ccccn5)CC4)c3)c(F)c12. The summed E-state index contributed by atoms with van der Waals surface area (Å²) in [5.74, 6) is -2.82. The van der Waals surface area contributed by atoms with E-state index in [1.165, 1.54) is 54.2 Å². The molecule has 1 fully saturated rings. The van der Waals surface area contributed by atoms with Gasteiger partial charge in [-0.3, -0.25) is 14.6 Å². The summed E-state index contributed by atoms with van der Waals surface area (Å²) < 4.78 is 45.7. The Labute approximate surface area is 227 Å². The van der Waals surface area contributed by atoms with Gasteiger partial charge < -0.3 is 5.32 Å². The summed E-state index contributed by atoms with van der Waals surface area (Å²) in [6.45, 7) is 0. The van der Waals surface area contributed by atoms with Gasteiger partial charge in [0.15, 0.2) is 11.6 Å². The molecule has 1 amide bonds. The number of nitrogens with zero attached hydrogens (tertiary/aromatic N) is 3. The maximum atomic E-state index is 16.2. The van der Waals surface area contributed by atoms with E-state index in [-0.39, 0.29) is 51.1 Å². The minimum Gasteiger partial charge on any atom is -0.355 e. The molecule has 0 atom stereocenters. The third-order valence-corrected chi connectivity index (χ3v) is 7.40. The quantitative estimate of drug-likeness (QED) is 0.252. The summed E-state index contributed by atoms with van der Waals surface area (Å²) >= 11 is 0. The summed E-state index contributed by atoms with van der Waals surface area (Å²) in [7, 11) is 1.41. The van der Waals surface area contributed by atoms with Gasteiger partial charge in [0.25, 0.3) is 5.91 Å². The van der Waals surface area contributed by atoms with Gasteiger partial charge in [-0.15, -0.1) is 0 Å². The number of benzene rings is 2. The molecule has 200 valence electrons. The van der Waals surface area contributed by atoms with E-state index in [0.29, 0.717) is 5.56 Å². The van der Waals surface area contributed by atoms with Crippen molar-refractivity contribution in [2.75, 3.05) is 7.05 Å². The van der Waals surface area contributed by atoms with E-state index in [9.17, 15) is 18.4 Å². The van der Waals surface area contributed by atoms with Crippen LogP contribution < -0.4 is 5.32 Å². The lowest BCUT2D eigenvalue weighted by Gasteiger charge is -2.14. The number of pyridine rings is 2. The van der Waals surface area contributed by atoms with Crippen LogP contribution in [0.1, 0.15) is 45.7 Å². The van der Waals surface area contributed by atoms with Crippen LogP contribution in [0.3, 0.4) is 0 Å². The number of amides is 1. The van der Waals surface area contributed by atoms with Crippen LogP contribution in [-0.2, 0) is 5.41 Å². The normalized spacial score (nSPS) is 13.8. The van der Waals surface area contributed by atoms with Gasteiger partial charge in [-0.1, -0.05) is 6.07 Å². The molecule has 0 bridgehead atoms. The Morgan fingerprint density at radius 2 is 1.73 bits per heavy atom. The topological polar surface area (TPSA) is 76.4 Å². The molecular formula is C31H23F3N4O2. The van der Waals surface area contributed by atoms with E-state index in [0.717, 1.165) is 30.7 Å². The zero-order valence-corrected chi connectivity index (χ0v) is 21.4. The summed E-state index contributed by atoms with van der Waals surface area (Å²) in [5.41, 5.74) is 1.15. The van der Waals surface area contributed by atoms with Crippen molar-refractivity contribution in [1.29, 1.82) is 0 Å². The van der Waals surface area contributed by atoms with E-state index in [2.05, 4.69) is 15.4 Å². The molecule has 1 aliphatic carbocycles. The van der Waals surface area contributed by atoms with Crippen LogP contribution in [-0.4, -0.2) is 33.3 Å². The number of hydrogen-bond acceptors (Lipinski definition) is 4. The highest BCUT2D eigenvalue weighted by Crippen LogP contribution is 2.50. The molecule has 6 rings (SSSR count). The first-order chi connectivity index (χ1) is 19.3. The standard InChI is InChI=1S/C31H23F3N4O2/c1-35-30(40)26-28(18-5-7-21(32)8-6-18)37-38-13-9-23(27(34)29(26)38)19-14-20(16-22(33)15-19)24(39)17-31(10-11-31)25-4-2-3-12-36-25/h2-9,12-16H,10-11,17H2,1H3,(H,35,40). The summed E-state index contributed by atoms with van der Waals surface area (Å²) in [5, 5.41) is 6.87. The highest BCUT2D eigenvalue weighted by atomic mass is 19.1. The van der Waals surface area contributed by atoms with Gasteiger partial charge in [0.2, 0.25) is 0 Å². The first-order valence-electron chi connectivity index (χ1n) is 12.7. The third kappa shape index (κ3) is 4.43. The average Bonchev–Trinajstić information content (AvgIpc) is 3.64. The van der Waals surface area contributed by atoms with Crippen molar-refractivity contribution >= 4 is 17.2 Å². The average molecular weight is 541 g/mol. The molecule has 0 saturated heterocycles. The Morgan fingerprint density at radius 3 is 2.40 bits per heavy atom. The molecular weight excluding hydrogens is 517 g/mol.